The largest absolute Gasteiger partial charge is 0.491 e. The predicted octanol–water partition coefficient (Wildman–Crippen LogP) is 6.84. The van der Waals surface area contributed by atoms with Crippen molar-refractivity contribution in [2.45, 2.75) is 65.4 Å². The van der Waals surface area contributed by atoms with Crippen molar-refractivity contribution in [1.82, 2.24) is 5.32 Å². The molecule has 2 atom stereocenters. The van der Waals surface area contributed by atoms with Gasteiger partial charge in [0.2, 0.25) is 5.91 Å². The Balaban J connectivity index is 1.59. The topological polar surface area (TPSA) is 51.5 Å². The maximum absolute atomic E-state index is 12.8. The summed E-state index contributed by atoms with van der Waals surface area (Å²) in [5, 5.41) is 3.14. The number of nitrogens with one attached hydrogen (secondary N) is 1. The van der Waals surface area contributed by atoms with Gasteiger partial charge in [0, 0.05) is 18.9 Å². The molecule has 0 fully saturated rings. The zero-order valence-electron chi connectivity index (χ0n) is 20.5. The smallest absolute Gasteiger partial charge is 0.220 e. The molecule has 2 aromatic carbocycles. The molecule has 0 aliphatic rings. The highest BCUT2D eigenvalue weighted by Gasteiger charge is 2.21. The van der Waals surface area contributed by atoms with E-state index >= 15 is 0 Å². The summed E-state index contributed by atoms with van der Waals surface area (Å²) in [5.74, 6) is 2.51. The SMILES string of the molecule is Cc1ccc([C@@H](CCNC(=O)C[C@H](c2ccc(OC(C)C)cc2)C(C)C)c2ccco2)cc1. The molecule has 0 saturated heterocycles. The van der Waals surface area contributed by atoms with Crippen molar-refractivity contribution < 1.29 is 13.9 Å². The molecule has 1 heterocycles. The molecule has 1 N–H and O–H groups in total. The number of hydrogen-bond acceptors (Lipinski definition) is 3. The average molecular weight is 448 g/mol. The Hall–Kier alpha value is -3.01. The van der Waals surface area contributed by atoms with Gasteiger partial charge in [0.1, 0.15) is 11.5 Å². The Labute approximate surface area is 198 Å². The number of hydrogen-bond donors (Lipinski definition) is 1. The highest BCUT2D eigenvalue weighted by atomic mass is 16.5. The van der Waals surface area contributed by atoms with Gasteiger partial charge in [-0.25, -0.2) is 0 Å². The number of furan rings is 1. The van der Waals surface area contributed by atoms with E-state index in [0.717, 1.165) is 17.9 Å². The summed E-state index contributed by atoms with van der Waals surface area (Å²) in [6.07, 6.45) is 3.11. The molecule has 4 nitrogen and oxygen atoms in total. The second kappa shape index (κ2) is 11.7. The molecule has 4 heteroatoms. The van der Waals surface area contributed by atoms with Crippen molar-refractivity contribution >= 4 is 5.91 Å². The molecule has 0 spiro atoms. The van der Waals surface area contributed by atoms with Gasteiger partial charge >= 0.3 is 0 Å². The van der Waals surface area contributed by atoms with Crippen LogP contribution in [0.15, 0.2) is 71.3 Å². The monoisotopic (exact) mass is 447 g/mol. The fourth-order valence-electron chi connectivity index (χ4n) is 4.19. The molecule has 0 saturated carbocycles. The van der Waals surface area contributed by atoms with Crippen LogP contribution < -0.4 is 10.1 Å². The molecular weight excluding hydrogens is 410 g/mol. The van der Waals surface area contributed by atoms with Crippen LogP contribution in [0.2, 0.25) is 0 Å². The van der Waals surface area contributed by atoms with Gasteiger partial charge in [-0.2, -0.15) is 0 Å². The summed E-state index contributed by atoms with van der Waals surface area (Å²) in [7, 11) is 0. The van der Waals surface area contributed by atoms with Crippen molar-refractivity contribution in [3.63, 3.8) is 0 Å². The molecule has 0 radical (unpaired) electrons. The highest BCUT2D eigenvalue weighted by molar-refractivity contribution is 5.76. The van der Waals surface area contributed by atoms with Crippen LogP contribution in [0.4, 0.5) is 0 Å². The van der Waals surface area contributed by atoms with Crippen LogP contribution in [0.1, 0.15) is 74.8 Å². The van der Waals surface area contributed by atoms with Crippen molar-refractivity contribution in [1.29, 1.82) is 0 Å². The first-order chi connectivity index (χ1) is 15.8. The summed E-state index contributed by atoms with van der Waals surface area (Å²) in [6, 6.07) is 20.6. The number of carbonyl (C=O) groups excluding carboxylic acids is 1. The molecule has 0 bridgehead atoms. The molecular formula is C29H37NO3. The Kier molecular flexibility index (Phi) is 8.76. The van der Waals surface area contributed by atoms with E-state index in [1.54, 1.807) is 6.26 Å². The summed E-state index contributed by atoms with van der Waals surface area (Å²) in [5.41, 5.74) is 3.60. The van der Waals surface area contributed by atoms with Gasteiger partial charge in [-0.15, -0.1) is 0 Å². The molecule has 0 aliphatic heterocycles. The van der Waals surface area contributed by atoms with Gasteiger partial charge in [-0.3, -0.25) is 4.79 Å². The van der Waals surface area contributed by atoms with Crippen LogP contribution in [-0.2, 0) is 4.79 Å². The number of ether oxygens (including phenoxy) is 1. The Bertz CT molecular complexity index is 973. The van der Waals surface area contributed by atoms with E-state index in [9.17, 15) is 4.79 Å². The third-order valence-electron chi connectivity index (χ3n) is 6.01. The van der Waals surface area contributed by atoms with Gasteiger partial charge in [-0.1, -0.05) is 55.8 Å². The quantitative estimate of drug-likeness (QED) is 0.350. The normalized spacial score (nSPS) is 13.2. The number of rotatable bonds is 11. The predicted molar refractivity (Wildman–Crippen MR) is 134 cm³/mol. The Morgan fingerprint density at radius 2 is 1.61 bits per heavy atom. The van der Waals surface area contributed by atoms with E-state index in [0.29, 0.717) is 18.9 Å². The summed E-state index contributed by atoms with van der Waals surface area (Å²) < 4.78 is 11.5. The van der Waals surface area contributed by atoms with Crippen molar-refractivity contribution in [2.75, 3.05) is 6.54 Å². The molecule has 176 valence electrons. The van der Waals surface area contributed by atoms with Gasteiger partial charge in [-0.05, 0) is 74.4 Å². The third-order valence-corrected chi connectivity index (χ3v) is 6.01. The van der Waals surface area contributed by atoms with E-state index in [1.165, 1.54) is 16.7 Å². The number of aryl methyl sites for hydroxylation is 1. The zero-order valence-corrected chi connectivity index (χ0v) is 20.5. The van der Waals surface area contributed by atoms with Crippen LogP contribution in [0.25, 0.3) is 0 Å². The maximum atomic E-state index is 12.8. The first-order valence-electron chi connectivity index (χ1n) is 12.0. The molecule has 3 aromatic rings. The van der Waals surface area contributed by atoms with Crippen LogP contribution in [0.5, 0.6) is 5.75 Å². The van der Waals surface area contributed by atoms with Crippen LogP contribution in [0.3, 0.4) is 0 Å². The summed E-state index contributed by atoms with van der Waals surface area (Å²) >= 11 is 0. The van der Waals surface area contributed by atoms with Gasteiger partial charge in [0.15, 0.2) is 0 Å². The van der Waals surface area contributed by atoms with Gasteiger partial charge in [0.25, 0.3) is 0 Å². The second-order valence-corrected chi connectivity index (χ2v) is 9.41. The number of carbonyl (C=O) groups is 1. The second-order valence-electron chi connectivity index (χ2n) is 9.41. The number of benzene rings is 2. The Morgan fingerprint density at radius 3 is 2.18 bits per heavy atom. The van der Waals surface area contributed by atoms with E-state index < -0.39 is 0 Å². The molecule has 33 heavy (non-hydrogen) atoms. The lowest BCUT2D eigenvalue weighted by molar-refractivity contribution is -0.121. The van der Waals surface area contributed by atoms with Crippen LogP contribution >= 0.6 is 0 Å². The molecule has 1 amide bonds. The standard InChI is InChI=1S/C29H37NO3/c1-20(2)27(24-12-14-25(15-13-24)33-21(3)4)19-29(31)30-17-16-26(28-7-6-18-32-28)23-10-8-22(5)9-11-23/h6-15,18,20-21,26-27H,16-17,19H2,1-5H3,(H,30,31)/t26-,27+/m1/s1. The lowest BCUT2D eigenvalue weighted by atomic mass is 9.85. The lowest BCUT2D eigenvalue weighted by Gasteiger charge is -2.22. The number of amides is 1. The van der Waals surface area contributed by atoms with Crippen molar-refractivity contribution in [3.05, 3.63) is 89.4 Å². The van der Waals surface area contributed by atoms with Crippen molar-refractivity contribution in [2.24, 2.45) is 5.92 Å². The molecule has 0 unspecified atom stereocenters. The van der Waals surface area contributed by atoms with Gasteiger partial charge in [0.05, 0.1) is 12.4 Å². The Morgan fingerprint density at radius 1 is 0.939 bits per heavy atom. The summed E-state index contributed by atoms with van der Waals surface area (Å²) in [6.45, 7) is 11.1. The molecule has 3 rings (SSSR count). The first-order valence-corrected chi connectivity index (χ1v) is 12.0. The highest BCUT2D eigenvalue weighted by Crippen LogP contribution is 2.30. The van der Waals surface area contributed by atoms with E-state index in [4.69, 9.17) is 9.15 Å². The first kappa shape index (κ1) is 24.6. The van der Waals surface area contributed by atoms with E-state index in [1.807, 2.05) is 38.1 Å². The van der Waals surface area contributed by atoms with Crippen molar-refractivity contribution in [3.8, 4) is 5.75 Å². The maximum Gasteiger partial charge on any atom is 0.220 e. The minimum atomic E-state index is 0.0818. The minimum Gasteiger partial charge on any atom is -0.491 e. The zero-order chi connectivity index (χ0) is 23.8. The van der Waals surface area contributed by atoms with Crippen LogP contribution in [-0.4, -0.2) is 18.6 Å². The molecule has 1 aromatic heterocycles. The van der Waals surface area contributed by atoms with E-state index in [2.05, 4.69) is 62.5 Å². The lowest BCUT2D eigenvalue weighted by Crippen LogP contribution is -2.28. The van der Waals surface area contributed by atoms with E-state index in [-0.39, 0.29) is 23.8 Å². The fourth-order valence-corrected chi connectivity index (χ4v) is 4.19. The summed E-state index contributed by atoms with van der Waals surface area (Å²) in [4.78, 5) is 12.8. The minimum absolute atomic E-state index is 0.0818. The third kappa shape index (κ3) is 7.24. The van der Waals surface area contributed by atoms with Crippen LogP contribution in [0, 0.1) is 12.8 Å². The fraction of sp³-hybridized carbons (Fsp3) is 0.414. The average Bonchev–Trinajstić information content (AvgIpc) is 3.30. The molecule has 0 aliphatic carbocycles. The van der Waals surface area contributed by atoms with Gasteiger partial charge < -0.3 is 14.5 Å².